The van der Waals surface area contributed by atoms with Gasteiger partial charge in [-0.15, -0.1) is 0 Å². The summed E-state index contributed by atoms with van der Waals surface area (Å²) in [5.74, 6) is 1.01. The van der Waals surface area contributed by atoms with Crippen molar-refractivity contribution in [3.8, 4) is 17.1 Å². The average molecular weight is 225 g/mol. The number of aromatic amines is 1. The topological polar surface area (TPSA) is 61.8 Å². The van der Waals surface area contributed by atoms with Crippen LogP contribution in [0.4, 0.5) is 0 Å². The highest BCUT2D eigenvalue weighted by molar-refractivity contribution is 5.76. The van der Waals surface area contributed by atoms with Gasteiger partial charge in [-0.2, -0.15) is 0 Å². The number of hydrogen-bond acceptors (Lipinski definition) is 3. The summed E-state index contributed by atoms with van der Waals surface area (Å²) >= 11 is 0. The van der Waals surface area contributed by atoms with Gasteiger partial charge in [0, 0.05) is 11.3 Å². The number of aryl methyl sites for hydroxylation is 1. The number of aromatic hydroxyl groups is 1. The molecule has 0 aliphatic heterocycles. The van der Waals surface area contributed by atoms with Gasteiger partial charge in [0.25, 0.3) is 0 Å². The van der Waals surface area contributed by atoms with Crippen molar-refractivity contribution in [1.82, 2.24) is 15.0 Å². The molecular formula is C13H11N3O. The monoisotopic (exact) mass is 225 g/mol. The van der Waals surface area contributed by atoms with Gasteiger partial charge in [0.15, 0.2) is 5.65 Å². The van der Waals surface area contributed by atoms with Crippen molar-refractivity contribution >= 4 is 11.2 Å². The molecule has 0 aliphatic rings. The maximum absolute atomic E-state index is 9.24. The molecule has 0 bridgehead atoms. The molecule has 4 heteroatoms. The van der Waals surface area contributed by atoms with Crippen LogP contribution in [0, 0.1) is 6.92 Å². The summed E-state index contributed by atoms with van der Waals surface area (Å²) in [5, 5.41) is 9.24. The van der Waals surface area contributed by atoms with Crippen LogP contribution in [-0.2, 0) is 0 Å². The van der Waals surface area contributed by atoms with E-state index in [0.717, 1.165) is 22.6 Å². The lowest BCUT2D eigenvalue weighted by Crippen LogP contribution is -1.80. The fraction of sp³-hybridized carbons (Fsp3) is 0.0769. The van der Waals surface area contributed by atoms with E-state index >= 15 is 0 Å². The molecule has 3 rings (SSSR count). The number of H-pyrrole nitrogens is 1. The maximum atomic E-state index is 9.24. The van der Waals surface area contributed by atoms with E-state index in [0.29, 0.717) is 5.65 Å². The third-order valence-corrected chi connectivity index (χ3v) is 2.63. The summed E-state index contributed by atoms with van der Waals surface area (Å²) in [6, 6.07) is 10.8. The Morgan fingerprint density at radius 3 is 2.53 bits per heavy atom. The molecule has 0 fully saturated rings. The quantitative estimate of drug-likeness (QED) is 0.669. The van der Waals surface area contributed by atoms with Gasteiger partial charge in [0.1, 0.15) is 11.6 Å². The molecule has 0 radical (unpaired) electrons. The number of rotatable bonds is 1. The first-order chi connectivity index (χ1) is 8.22. The van der Waals surface area contributed by atoms with E-state index in [4.69, 9.17) is 0 Å². The third kappa shape index (κ3) is 1.73. The molecule has 0 spiro atoms. The number of phenols is 1. The lowest BCUT2D eigenvalue weighted by molar-refractivity contribution is 0.475. The minimum absolute atomic E-state index is 0.249. The molecule has 4 nitrogen and oxygen atoms in total. The van der Waals surface area contributed by atoms with Crippen molar-refractivity contribution in [2.75, 3.05) is 0 Å². The van der Waals surface area contributed by atoms with Crippen LogP contribution in [0.25, 0.3) is 22.6 Å². The van der Waals surface area contributed by atoms with E-state index < -0.39 is 0 Å². The van der Waals surface area contributed by atoms with Gasteiger partial charge in [0.2, 0.25) is 0 Å². The predicted molar refractivity (Wildman–Crippen MR) is 65.7 cm³/mol. The minimum atomic E-state index is 0.249. The Labute approximate surface area is 98.0 Å². The minimum Gasteiger partial charge on any atom is -0.508 e. The number of fused-ring (bicyclic) bond motifs is 1. The Kier molecular flexibility index (Phi) is 2.08. The third-order valence-electron chi connectivity index (χ3n) is 2.63. The van der Waals surface area contributed by atoms with Crippen LogP contribution < -0.4 is 0 Å². The van der Waals surface area contributed by atoms with E-state index in [-0.39, 0.29) is 5.75 Å². The van der Waals surface area contributed by atoms with Crippen molar-refractivity contribution in [3.63, 3.8) is 0 Å². The fourth-order valence-electron chi connectivity index (χ4n) is 1.74. The number of benzene rings is 1. The van der Waals surface area contributed by atoms with Crippen LogP contribution in [0.3, 0.4) is 0 Å². The first-order valence-electron chi connectivity index (χ1n) is 5.35. The molecule has 0 saturated heterocycles. The summed E-state index contributed by atoms with van der Waals surface area (Å²) in [5.41, 5.74) is 3.51. The lowest BCUT2D eigenvalue weighted by atomic mass is 10.2. The van der Waals surface area contributed by atoms with E-state index in [1.165, 1.54) is 0 Å². The number of imidazole rings is 1. The molecule has 1 aromatic carbocycles. The number of hydrogen-bond donors (Lipinski definition) is 2. The molecule has 0 atom stereocenters. The molecule has 0 amide bonds. The van der Waals surface area contributed by atoms with Gasteiger partial charge in [0.05, 0.1) is 5.52 Å². The summed E-state index contributed by atoms with van der Waals surface area (Å²) in [6.07, 6.45) is 0. The standard InChI is InChI=1S/C13H11N3O/c1-8-2-7-11-13(14-8)16-12(15-11)9-3-5-10(17)6-4-9/h2-7,17H,1H3,(H,14,15,16). The van der Waals surface area contributed by atoms with Crippen LogP contribution >= 0.6 is 0 Å². The maximum Gasteiger partial charge on any atom is 0.178 e. The van der Waals surface area contributed by atoms with E-state index in [1.54, 1.807) is 12.1 Å². The van der Waals surface area contributed by atoms with Crippen LogP contribution in [0.15, 0.2) is 36.4 Å². The molecule has 84 valence electrons. The molecule has 0 unspecified atom stereocenters. The van der Waals surface area contributed by atoms with Gasteiger partial charge in [-0.3, -0.25) is 0 Å². The van der Waals surface area contributed by atoms with Gasteiger partial charge in [-0.1, -0.05) is 0 Å². The molecule has 2 heterocycles. The van der Waals surface area contributed by atoms with Gasteiger partial charge in [-0.25, -0.2) is 9.97 Å². The van der Waals surface area contributed by atoms with Crippen LogP contribution in [0.5, 0.6) is 5.75 Å². The molecule has 2 aromatic heterocycles. The highest BCUT2D eigenvalue weighted by atomic mass is 16.3. The SMILES string of the molecule is Cc1ccc2[nH]c(-c3ccc(O)cc3)nc2n1. The van der Waals surface area contributed by atoms with Gasteiger partial charge >= 0.3 is 0 Å². The summed E-state index contributed by atoms with van der Waals surface area (Å²) < 4.78 is 0. The Hall–Kier alpha value is -2.36. The van der Waals surface area contributed by atoms with Crippen molar-refractivity contribution in [3.05, 3.63) is 42.1 Å². The zero-order valence-electron chi connectivity index (χ0n) is 9.31. The zero-order valence-corrected chi connectivity index (χ0v) is 9.31. The smallest absolute Gasteiger partial charge is 0.178 e. The normalized spacial score (nSPS) is 10.9. The summed E-state index contributed by atoms with van der Waals surface area (Å²) in [4.78, 5) is 12.0. The Morgan fingerprint density at radius 1 is 1.00 bits per heavy atom. The number of aromatic nitrogens is 3. The van der Waals surface area contributed by atoms with Crippen molar-refractivity contribution in [2.24, 2.45) is 0 Å². The number of phenolic OH excluding ortho intramolecular Hbond substituents is 1. The first kappa shape index (κ1) is 9.84. The Morgan fingerprint density at radius 2 is 1.76 bits per heavy atom. The average Bonchev–Trinajstić information content (AvgIpc) is 2.72. The molecule has 0 saturated carbocycles. The van der Waals surface area contributed by atoms with E-state index in [9.17, 15) is 5.11 Å². The first-order valence-corrected chi connectivity index (χ1v) is 5.35. The van der Waals surface area contributed by atoms with E-state index in [1.807, 2.05) is 31.2 Å². The number of nitrogens with one attached hydrogen (secondary N) is 1. The molecular weight excluding hydrogens is 214 g/mol. The fourth-order valence-corrected chi connectivity index (χ4v) is 1.74. The highest BCUT2D eigenvalue weighted by Crippen LogP contribution is 2.21. The number of pyridine rings is 1. The predicted octanol–water partition coefficient (Wildman–Crippen LogP) is 2.64. The highest BCUT2D eigenvalue weighted by Gasteiger charge is 2.06. The van der Waals surface area contributed by atoms with Crippen LogP contribution in [-0.4, -0.2) is 20.1 Å². The molecule has 17 heavy (non-hydrogen) atoms. The second-order valence-corrected chi connectivity index (χ2v) is 3.96. The van der Waals surface area contributed by atoms with Crippen molar-refractivity contribution < 1.29 is 5.11 Å². The summed E-state index contributed by atoms with van der Waals surface area (Å²) in [7, 11) is 0. The zero-order chi connectivity index (χ0) is 11.8. The molecule has 0 aliphatic carbocycles. The lowest BCUT2D eigenvalue weighted by Gasteiger charge is -1.95. The van der Waals surface area contributed by atoms with Gasteiger partial charge < -0.3 is 10.1 Å². The van der Waals surface area contributed by atoms with Crippen molar-refractivity contribution in [2.45, 2.75) is 6.92 Å². The second kappa shape index (κ2) is 3.59. The van der Waals surface area contributed by atoms with Gasteiger partial charge in [-0.05, 0) is 43.3 Å². The Balaban J connectivity index is 2.14. The largest absolute Gasteiger partial charge is 0.508 e. The number of nitrogens with zero attached hydrogens (tertiary/aromatic N) is 2. The van der Waals surface area contributed by atoms with E-state index in [2.05, 4.69) is 15.0 Å². The molecule has 2 N–H and O–H groups in total. The second-order valence-electron chi connectivity index (χ2n) is 3.96. The Bertz CT molecular complexity index is 671. The van der Waals surface area contributed by atoms with Crippen LogP contribution in [0.2, 0.25) is 0 Å². The molecule has 3 aromatic rings. The van der Waals surface area contributed by atoms with Crippen molar-refractivity contribution in [1.29, 1.82) is 0 Å². The summed E-state index contributed by atoms with van der Waals surface area (Å²) in [6.45, 7) is 1.94. The van der Waals surface area contributed by atoms with Crippen LogP contribution in [0.1, 0.15) is 5.69 Å².